The zero-order valence-corrected chi connectivity index (χ0v) is 11.6. The molecule has 0 aliphatic rings. The number of rotatable bonds is 6. The lowest BCUT2D eigenvalue weighted by Crippen LogP contribution is -2.07. The van der Waals surface area contributed by atoms with E-state index in [2.05, 4.69) is 9.97 Å². The third kappa shape index (κ3) is 3.05. The number of imidazole rings is 1. The molecule has 0 radical (unpaired) electrons. The first kappa shape index (κ1) is 13.8. The van der Waals surface area contributed by atoms with Crippen molar-refractivity contribution in [3.63, 3.8) is 0 Å². The second-order valence-corrected chi connectivity index (χ2v) is 4.96. The number of aliphatic carboxylic acids is 1. The van der Waals surface area contributed by atoms with Crippen LogP contribution in [0.3, 0.4) is 0 Å². The van der Waals surface area contributed by atoms with Gasteiger partial charge in [-0.2, -0.15) is 0 Å². The molecule has 0 bridgehead atoms. The minimum absolute atomic E-state index is 0.0185. The van der Waals surface area contributed by atoms with Crippen molar-refractivity contribution in [2.24, 2.45) is 0 Å². The van der Waals surface area contributed by atoms with Gasteiger partial charge in [0.1, 0.15) is 5.52 Å². The highest BCUT2D eigenvalue weighted by molar-refractivity contribution is 7.99. The van der Waals surface area contributed by atoms with Crippen LogP contribution in [0.5, 0.6) is 0 Å². The fraction of sp³-hybridized carbons (Fsp3) is 0.417. The van der Waals surface area contributed by atoms with E-state index in [0.29, 0.717) is 18.3 Å². The number of methoxy groups -OCH3 is 1. The molecule has 0 spiro atoms. The van der Waals surface area contributed by atoms with Crippen LogP contribution in [0.2, 0.25) is 0 Å². The summed E-state index contributed by atoms with van der Waals surface area (Å²) in [6.45, 7) is 3.09. The van der Waals surface area contributed by atoms with E-state index in [-0.39, 0.29) is 5.75 Å². The Hall–Kier alpha value is -1.60. The van der Waals surface area contributed by atoms with Gasteiger partial charge >= 0.3 is 5.97 Å². The van der Waals surface area contributed by atoms with Crippen LogP contribution in [0.4, 0.5) is 0 Å². The predicted molar refractivity (Wildman–Crippen MR) is 72.5 cm³/mol. The molecule has 2 heterocycles. The summed E-state index contributed by atoms with van der Waals surface area (Å²) in [4.78, 5) is 19.5. The molecule has 7 heteroatoms. The number of nitrogens with zero attached hydrogens (tertiary/aromatic N) is 3. The lowest BCUT2D eigenvalue weighted by atomic mass is 10.3. The number of ether oxygens (including phenoxy) is 1. The van der Waals surface area contributed by atoms with Crippen LogP contribution < -0.4 is 0 Å². The van der Waals surface area contributed by atoms with E-state index < -0.39 is 5.97 Å². The van der Waals surface area contributed by atoms with Crippen LogP contribution in [-0.2, 0) is 16.1 Å². The Labute approximate surface area is 114 Å². The molecule has 0 unspecified atom stereocenters. The average Bonchev–Trinajstić information content (AvgIpc) is 2.73. The Bertz CT molecular complexity index is 597. The summed E-state index contributed by atoms with van der Waals surface area (Å²) < 4.78 is 6.98. The van der Waals surface area contributed by atoms with E-state index in [9.17, 15) is 4.79 Å². The van der Waals surface area contributed by atoms with Gasteiger partial charge in [0, 0.05) is 13.3 Å². The molecule has 102 valence electrons. The third-order valence-electron chi connectivity index (χ3n) is 2.64. The summed E-state index contributed by atoms with van der Waals surface area (Å²) >= 11 is 1.20. The van der Waals surface area contributed by atoms with Crippen molar-refractivity contribution < 1.29 is 14.6 Å². The van der Waals surface area contributed by atoms with Gasteiger partial charge in [0.05, 0.1) is 18.9 Å². The Balaban J connectivity index is 2.41. The van der Waals surface area contributed by atoms with E-state index >= 15 is 0 Å². The number of aromatic nitrogens is 3. The molecule has 0 saturated carbocycles. The number of hydrogen-bond donors (Lipinski definition) is 1. The molecule has 6 nitrogen and oxygen atoms in total. The molecule has 2 rings (SSSR count). The Morgan fingerprint density at radius 1 is 1.58 bits per heavy atom. The summed E-state index contributed by atoms with van der Waals surface area (Å²) in [6.07, 6.45) is 1.73. The molecular formula is C12H15N3O3S. The van der Waals surface area contributed by atoms with Gasteiger partial charge in [-0.1, -0.05) is 11.8 Å². The minimum Gasteiger partial charge on any atom is -0.481 e. The SMILES string of the molecule is COCCn1c(SCC(=O)O)nc2c(C)ccnc21. The topological polar surface area (TPSA) is 77.2 Å². The molecular weight excluding hydrogens is 266 g/mol. The molecule has 0 aromatic carbocycles. The summed E-state index contributed by atoms with van der Waals surface area (Å²) in [5.74, 6) is -0.880. The normalized spacial score (nSPS) is 11.1. The maximum atomic E-state index is 10.7. The van der Waals surface area contributed by atoms with Gasteiger partial charge in [-0.25, -0.2) is 9.97 Å². The van der Waals surface area contributed by atoms with Gasteiger partial charge in [-0.15, -0.1) is 0 Å². The molecule has 2 aromatic heterocycles. The fourth-order valence-electron chi connectivity index (χ4n) is 1.74. The smallest absolute Gasteiger partial charge is 0.313 e. The average molecular weight is 281 g/mol. The van der Waals surface area contributed by atoms with Gasteiger partial charge in [0.15, 0.2) is 10.8 Å². The molecule has 2 aromatic rings. The van der Waals surface area contributed by atoms with Gasteiger partial charge in [-0.3, -0.25) is 4.79 Å². The molecule has 0 aliphatic carbocycles. The van der Waals surface area contributed by atoms with Crippen LogP contribution in [0.25, 0.3) is 11.2 Å². The maximum Gasteiger partial charge on any atom is 0.313 e. The van der Waals surface area contributed by atoms with Crippen LogP contribution in [-0.4, -0.2) is 45.1 Å². The highest BCUT2D eigenvalue weighted by Gasteiger charge is 2.14. The molecule has 1 N–H and O–H groups in total. The summed E-state index contributed by atoms with van der Waals surface area (Å²) in [7, 11) is 1.63. The molecule has 0 aliphatic heterocycles. The van der Waals surface area contributed by atoms with Crippen molar-refractivity contribution in [1.29, 1.82) is 0 Å². The number of fused-ring (bicyclic) bond motifs is 1. The number of carboxylic acids is 1. The number of aryl methyl sites for hydroxylation is 1. The van der Waals surface area contributed by atoms with Crippen molar-refractivity contribution in [3.05, 3.63) is 17.8 Å². The number of carbonyl (C=O) groups is 1. The minimum atomic E-state index is -0.861. The second-order valence-electron chi connectivity index (χ2n) is 4.02. The number of thioether (sulfide) groups is 1. The van der Waals surface area contributed by atoms with Crippen molar-refractivity contribution in [2.75, 3.05) is 19.5 Å². The quantitative estimate of drug-likeness (QED) is 0.810. The fourth-order valence-corrected chi connectivity index (χ4v) is 2.48. The van der Waals surface area contributed by atoms with Gasteiger partial charge < -0.3 is 14.4 Å². The van der Waals surface area contributed by atoms with Crippen LogP contribution in [0.1, 0.15) is 5.56 Å². The molecule has 0 fully saturated rings. The van der Waals surface area contributed by atoms with Crippen molar-refractivity contribution in [3.8, 4) is 0 Å². The molecule has 0 atom stereocenters. The van der Waals surface area contributed by atoms with Crippen LogP contribution >= 0.6 is 11.8 Å². The number of pyridine rings is 1. The van der Waals surface area contributed by atoms with E-state index in [1.165, 1.54) is 11.8 Å². The first-order valence-corrected chi connectivity index (χ1v) is 6.77. The summed E-state index contributed by atoms with van der Waals surface area (Å²) in [5.41, 5.74) is 2.61. The van der Waals surface area contributed by atoms with Crippen LogP contribution in [0.15, 0.2) is 17.4 Å². The van der Waals surface area contributed by atoms with Gasteiger partial charge in [0.2, 0.25) is 0 Å². The van der Waals surface area contributed by atoms with E-state index in [4.69, 9.17) is 9.84 Å². The lowest BCUT2D eigenvalue weighted by Gasteiger charge is -2.06. The van der Waals surface area contributed by atoms with Crippen molar-refractivity contribution in [2.45, 2.75) is 18.6 Å². The molecule has 19 heavy (non-hydrogen) atoms. The van der Waals surface area contributed by atoms with E-state index in [0.717, 1.165) is 16.7 Å². The first-order valence-electron chi connectivity index (χ1n) is 5.79. The van der Waals surface area contributed by atoms with Crippen molar-refractivity contribution in [1.82, 2.24) is 14.5 Å². The Kier molecular flexibility index (Phi) is 4.39. The maximum absolute atomic E-state index is 10.7. The number of hydrogen-bond acceptors (Lipinski definition) is 5. The largest absolute Gasteiger partial charge is 0.481 e. The molecule has 0 saturated heterocycles. The summed E-state index contributed by atoms with van der Waals surface area (Å²) in [5, 5.41) is 9.44. The zero-order valence-electron chi connectivity index (χ0n) is 10.8. The second kappa shape index (κ2) is 6.03. The van der Waals surface area contributed by atoms with E-state index in [1.54, 1.807) is 13.3 Å². The lowest BCUT2D eigenvalue weighted by molar-refractivity contribution is -0.133. The number of carboxylic acid groups (broad SMARTS) is 1. The van der Waals surface area contributed by atoms with Gasteiger partial charge in [0.25, 0.3) is 0 Å². The monoisotopic (exact) mass is 281 g/mol. The standard InChI is InChI=1S/C12H15N3O3S/c1-8-3-4-13-11-10(8)14-12(19-7-9(16)17)15(11)5-6-18-2/h3-4H,5-7H2,1-2H3,(H,16,17). The highest BCUT2D eigenvalue weighted by atomic mass is 32.2. The molecule has 0 amide bonds. The first-order chi connectivity index (χ1) is 9.13. The zero-order chi connectivity index (χ0) is 13.8. The Morgan fingerprint density at radius 3 is 3.05 bits per heavy atom. The van der Waals surface area contributed by atoms with Crippen LogP contribution in [0, 0.1) is 6.92 Å². The Morgan fingerprint density at radius 2 is 2.37 bits per heavy atom. The van der Waals surface area contributed by atoms with Gasteiger partial charge in [-0.05, 0) is 18.6 Å². The van der Waals surface area contributed by atoms with E-state index in [1.807, 2.05) is 17.6 Å². The van der Waals surface area contributed by atoms with Crippen molar-refractivity contribution >= 4 is 28.9 Å². The predicted octanol–water partition coefficient (Wildman–Crippen LogP) is 1.56. The third-order valence-corrected chi connectivity index (χ3v) is 3.61. The highest BCUT2D eigenvalue weighted by Crippen LogP contribution is 2.24. The summed E-state index contributed by atoms with van der Waals surface area (Å²) in [6, 6.07) is 1.89.